The summed E-state index contributed by atoms with van der Waals surface area (Å²) in [4.78, 5) is 18.8. The summed E-state index contributed by atoms with van der Waals surface area (Å²) in [7, 11) is 0. The lowest BCUT2D eigenvalue weighted by atomic mass is 9.89. The van der Waals surface area contributed by atoms with Gasteiger partial charge in [0.1, 0.15) is 0 Å². The zero-order valence-electron chi connectivity index (χ0n) is 16.2. The molecule has 0 radical (unpaired) electrons. The molecule has 1 aromatic carbocycles. The molecule has 4 atom stereocenters. The molecule has 6 nitrogen and oxygen atoms in total. The maximum absolute atomic E-state index is 12.4. The number of nitrogens with zero attached hydrogens (tertiary/aromatic N) is 3. The number of amides is 1. The fraction of sp³-hybridized carbons (Fsp3) is 0.429. The number of aromatic nitrogens is 2. The Bertz CT molecular complexity index is 833. The Kier molecular flexibility index (Phi) is 6.80. The Balaban J connectivity index is 1.76. The van der Waals surface area contributed by atoms with Crippen LogP contribution in [0.15, 0.2) is 60.0 Å². The molecule has 0 bridgehead atoms. The van der Waals surface area contributed by atoms with Crippen molar-refractivity contribution in [2.24, 2.45) is 0 Å². The van der Waals surface area contributed by atoms with E-state index in [1.54, 1.807) is 24.4 Å². The van der Waals surface area contributed by atoms with Gasteiger partial charge in [0.2, 0.25) is 5.91 Å². The van der Waals surface area contributed by atoms with Crippen LogP contribution in [0.4, 0.5) is 0 Å². The standard InChI is InChI=1S/C21H27N3O3S/c1-3-18(23-12-10-22-15-23)14-19(24-11-4-5-21(24)25)13-16(2)17-6-8-20(9-7-17)28(26)27/h4-10,12,15-16,18-19H,3,11,13-14H2,1-2H3,(H,26,27)/p-1. The summed E-state index contributed by atoms with van der Waals surface area (Å²) in [5.41, 5.74) is 1.08. The first-order valence-corrected chi connectivity index (χ1v) is 10.7. The van der Waals surface area contributed by atoms with E-state index in [2.05, 4.69) is 23.4 Å². The van der Waals surface area contributed by atoms with Crippen molar-refractivity contribution in [2.45, 2.75) is 56.0 Å². The lowest BCUT2D eigenvalue weighted by Gasteiger charge is -2.33. The SMILES string of the molecule is CCC(CC(CC(C)c1ccc(S(=O)[O-])cc1)N1CC=CC1=O)n1ccnc1. The van der Waals surface area contributed by atoms with Gasteiger partial charge in [-0.3, -0.25) is 9.00 Å². The topological polar surface area (TPSA) is 78.3 Å². The van der Waals surface area contributed by atoms with Crippen LogP contribution in [-0.4, -0.2) is 41.7 Å². The van der Waals surface area contributed by atoms with Crippen LogP contribution in [0.5, 0.6) is 0 Å². The monoisotopic (exact) mass is 400 g/mol. The molecule has 150 valence electrons. The molecule has 0 saturated heterocycles. The molecular weight excluding hydrogens is 374 g/mol. The molecule has 1 aliphatic rings. The van der Waals surface area contributed by atoms with E-state index in [1.165, 1.54) is 0 Å². The Morgan fingerprint density at radius 1 is 1.21 bits per heavy atom. The molecule has 7 heteroatoms. The lowest BCUT2D eigenvalue weighted by Crippen LogP contribution is -2.39. The van der Waals surface area contributed by atoms with E-state index in [4.69, 9.17) is 0 Å². The summed E-state index contributed by atoms with van der Waals surface area (Å²) in [6.45, 7) is 4.92. The van der Waals surface area contributed by atoms with E-state index >= 15 is 0 Å². The number of rotatable bonds is 9. The molecule has 0 aliphatic carbocycles. The third-order valence-electron chi connectivity index (χ3n) is 5.52. The second kappa shape index (κ2) is 9.30. The van der Waals surface area contributed by atoms with Crippen LogP contribution in [0.2, 0.25) is 0 Å². The number of hydrogen-bond acceptors (Lipinski definition) is 4. The van der Waals surface area contributed by atoms with Gasteiger partial charge in [-0.15, -0.1) is 0 Å². The highest BCUT2D eigenvalue weighted by Gasteiger charge is 2.29. The minimum atomic E-state index is -2.21. The predicted octanol–water partition coefficient (Wildman–Crippen LogP) is 3.42. The molecule has 0 saturated carbocycles. The fourth-order valence-electron chi connectivity index (χ4n) is 3.88. The summed E-state index contributed by atoms with van der Waals surface area (Å²) >= 11 is -2.21. The van der Waals surface area contributed by atoms with Gasteiger partial charge in [-0.05, 0) is 54.0 Å². The normalized spacial score (nSPS) is 18.2. The molecule has 2 aromatic rings. The van der Waals surface area contributed by atoms with Crippen molar-refractivity contribution >= 4 is 17.0 Å². The molecule has 4 unspecified atom stereocenters. The van der Waals surface area contributed by atoms with Gasteiger partial charge in [-0.25, -0.2) is 4.98 Å². The van der Waals surface area contributed by atoms with E-state index in [9.17, 15) is 13.6 Å². The van der Waals surface area contributed by atoms with Crippen molar-refractivity contribution in [3.8, 4) is 0 Å². The second-order valence-corrected chi connectivity index (χ2v) is 8.24. The smallest absolute Gasteiger partial charge is 0.246 e. The molecule has 2 heterocycles. The van der Waals surface area contributed by atoms with E-state index in [1.807, 2.05) is 35.6 Å². The second-order valence-electron chi connectivity index (χ2n) is 7.29. The van der Waals surface area contributed by atoms with Crippen LogP contribution in [0.1, 0.15) is 50.6 Å². The number of carbonyl (C=O) groups is 1. The Labute approximate surface area is 168 Å². The number of imidazole rings is 1. The number of benzene rings is 1. The van der Waals surface area contributed by atoms with Crippen LogP contribution in [-0.2, 0) is 15.9 Å². The van der Waals surface area contributed by atoms with E-state index in [0.717, 1.165) is 24.8 Å². The summed E-state index contributed by atoms with van der Waals surface area (Å²) in [6.07, 6.45) is 11.8. The Hall–Kier alpha value is -2.25. The van der Waals surface area contributed by atoms with Gasteiger partial charge in [0.15, 0.2) is 0 Å². The zero-order valence-corrected chi connectivity index (χ0v) is 17.0. The van der Waals surface area contributed by atoms with Gasteiger partial charge in [-0.2, -0.15) is 0 Å². The van der Waals surface area contributed by atoms with Gasteiger partial charge in [0.05, 0.1) is 6.33 Å². The molecule has 0 fully saturated rings. The van der Waals surface area contributed by atoms with Crippen LogP contribution in [0.25, 0.3) is 0 Å². The first-order chi connectivity index (χ1) is 13.5. The molecule has 3 rings (SSSR count). The highest BCUT2D eigenvalue weighted by Crippen LogP contribution is 2.30. The number of hydrogen-bond donors (Lipinski definition) is 0. The number of carbonyl (C=O) groups excluding carboxylic acids is 1. The first-order valence-electron chi connectivity index (χ1n) is 9.63. The van der Waals surface area contributed by atoms with Crippen molar-refractivity contribution < 1.29 is 13.6 Å². The molecule has 1 aromatic heterocycles. The minimum Gasteiger partial charge on any atom is -0.768 e. The van der Waals surface area contributed by atoms with Crippen molar-refractivity contribution in [3.05, 3.63) is 60.7 Å². The molecule has 28 heavy (non-hydrogen) atoms. The van der Waals surface area contributed by atoms with Crippen molar-refractivity contribution in [3.63, 3.8) is 0 Å². The van der Waals surface area contributed by atoms with E-state index < -0.39 is 11.1 Å². The van der Waals surface area contributed by atoms with Crippen LogP contribution < -0.4 is 0 Å². The third kappa shape index (κ3) is 4.77. The van der Waals surface area contributed by atoms with Crippen molar-refractivity contribution in [1.82, 2.24) is 14.5 Å². The van der Waals surface area contributed by atoms with E-state index in [-0.39, 0.29) is 28.8 Å². The van der Waals surface area contributed by atoms with Gasteiger partial charge >= 0.3 is 0 Å². The zero-order chi connectivity index (χ0) is 20.1. The maximum Gasteiger partial charge on any atom is 0.246 e. The largest absolute Gasteiger partial charge is 0.768 e. The summed E-state index contributed by atoms with van der Waals surface area (Å²) < 4.78 is 24.3. The lowest BCUT2D eigenvalue weighted by molar-refractivity contribution is -0.127. The molecule has 1 aliphatic heterocycles. The maximum atomic E-state index is 12.4. The summed E-state index contributed by atoms with van der Waals surface area (Å²) in [5.74, 6) is 0.266. The highest BCUT2D eigenvalue weighted by atomic mass is 32.2. The van der Waals surface area contributed by atoms with Crippen molar-refractivity contribution in [1.29, 1.82) is 0 Å². The van der Waals surface area contributed by atoms with Gasteiger partial charge < -0.3 is 14.0 Å². The van der Waals surface area contributed by atoms with Gasteiger partial charge in [0, 0.05) is 42.0 Å². The average Bonchev–Trinajstić information content (AvgIpc) is 3.37. The molecule has 1 amide bonds. The van der Waals surface area contributed by atoms with Crippen LogP contribution in [0, 0.1) is 0 Å². The van der Waals surface area contributed by atoms with Crippen LogP contribution >= 0.6 is 0 Å². The average molecular weight is 401 g/mol. The third-order valence-corrected chi connectivity index (χ3v) is 6.17. The Morgan fingerprint density at radius 2 is 1.96 bits per heavy atom. The fourth-order valence-corrected chi connectivity index (χ4v) is 4.24. The molecule has 0 spiro atoms. The highest BCUT2D eigenvalue weighted by molar-refractivity contribution is 7.79. The van der Waals surface area contributed by atoms with Crippen molar-refractivity contribution in [2.75, 3.05) is 6.54 Å². The van der Waals surface area contributed by atoms with Gasteiger partial charge in [-0.1, -0.05) is 32.1 Å². The van der Waals surface area contributed by atoms with Gasteiger partial charge in [0.25, 0.3) is 0 Å². The predicted molar refractivity (Wildman–Crippen MR) is 107 cm³/mol. The van der Waals surface area contributed by atoms with Crippen LogP contribution in [0.3, 0.4) is 0 Å². The summed E-state index contributed by atoms with van der Waals surface area (Å²) in [6, 6.07) is 7.37. The summed E-state index contributed by atoms with van der Waals surface area (Å²) in [5, 5.41) is 0. The van der Waals surface area contributed by atoms with E-state index in [0.29, 0.717) is 6.54 Å². The minimum absolute atomic E-state index is 0.0646. The first kappa shape index (κ1) is 20.5. The molecular formula is C21H26N3O3S-. The molecule has 0 N–H and O–H groups in total. The quantitative estimate of drug-likeness (QED) is 0.604. The Morgan fingerprint density at radius 3 is 2.50 bits per heavy atom.